The normalized spacial score (nSPS) is 14.4. The molecule has 0 spiro atoms. The van der Waals surface area contributed by atoms with E-state index in [1.807, 2.05) is 6.08 Å². The van der Waals surface area contributed by atoms with Gasteiger partial charge in [0.05, 0.1) is 16.9 Å². The van der Waals surface area contributed by atoms with Gasteiger partial charge in [0.15, 0.2) is 0 Å². The Morgan fingerprint density at radius 2 is 2.12 bits per heavy atom. The van der Waals surface area contributed by atoms with Crippen LogP contribution in [0.3, 0.4) is 0 Å². The lowest BCUT2D eigenvalue weighted by atomic mass is 9.96. The fourth-order valence-corrected chi connectivity index (χ4v) is 2.10. The number of allylic oxidation sites excluding steroid dienone is 1. The van der Waals surface area contributed by atoms with Crippen molar-refractivity contribution >= 4 is 21.9 Å². The highest BCUT2D eigenvalue weighted by atomic mass is 32.2. The minimum absolute atomic E-state index is 0.206. The first kappa shape index (κ1) is 10.8. The predicted octanol–water partition coefficient (Wildman–Crippen LogP) is 1.37. The lowest BCUT2D eigenvalue weighted by molar-refractivity contribution is -0.00608. The molecule has 0 heterocycles. The number of benzene rings is 1. The first-order valence-corrected chi connectivity index (χ1v) is 5.96. The topological polar surface area (TPSA) is 90.8 Å². The molecule has 1 aromatic rings. The monoisotopic (exact) mass is 236 g/mol. The van der Waals surface area contributed by atoms with Crippen LogP contribution >= 0.6 is 0 Å². The summed E-state index contributed by atoms with van der Waals surface area (Å²) in [5, 5.41) is 0. The van der Waals surface area contributed by atoms with Crippen molar-refractivity contribution < 1.29 is 17.8 Å². The molecule has 0 unspecified atom stereocenters. The molecular formula is C10H8N2O3S. The fourth-order valence-electron chi connectivity index (χ4n) is 1.59. The van der Waals surface area contributed by atoms with Gasteiger partial charge in [-0.25, -0.2) is 0 Å². The lowest BCUT2D eigenvalue weighted by Crippen LogP contribution is -2.09. The molecule has 2 rings (SSSR count). The van der Waals surface area contributed by atoms with Crippen molar-refractivity contribution in [1.82, 2.24) is 0 Å². The van der Waals surface area contributed by atoms with Crippen LogP contribution in [0.5, 0.6) is 0 Å². The van der Waals surface area contributed by atoms with E-state index >= 15 is 0 Å². The average molecular weight is 236 g/mol. The zero-order chi connectivity index (χ0) is 11.8. The maximum atomic E-state index is 10.9. The van der Waals surface area contributed by atoms with Gasteiger partial charge in [0.2, 0.25) is 0 Å². The summed E-state index contributed by atoms with van der Waals surface area (Å²) in [4.78, 5) is 2.90. The van der Waals surface area contributed by atoms with Crippen LogP contribution in [0.15, 0.2) is 29.2 Å². The van der Waals surface area contributed by atoms with Gasteiger partial charge < -0.3 is 5.53 Å². The number of rotatable bonds is 1. The summed E-state index contributed by atoms with van der Waals surface area (Å²) in [5.41, 5.74) is 10.4. The van der Waals surface area contributed by atoms with Gasteiger partial charge in [-0.05, 0) is 17.7 Å². The summed E-state index contributed by atoms with van der Waals surface area (Å²) in [5.74, 6) is 0. The molecule has 0 aliphatic heterocycles. The molecule has 82 valence electrons. The molecule has 16 heavy (non-hydrogen) atoms. The predicted molar refractivity (Wildman–Crippen MR) is 57.6 cm³/mol. The summed E-state index contributed by atoms with van der Waals surface area (Å²) in [6, 6.07) is 4.15. The molecule has 0 bridgehead atoms. The van der Waals surface area contributed by atoms with Gasteiger partial charge in [-0.3, -0.25) is 4.55 Å². The van der Waals surface area contributed by atoms with Gasteiger partial charge in [0, 0.05) is 0 Å². The van der Waals surface area contributed by atoms with Crippen LogP contribution < -0.4 is 0 Å². The summed E-state index contributed by atoms with van der Waals surface area (Å²) in [7, 11) is -4.23. The molecule has 1 N–H and O–H groups in total. The Morgan fingerprint density at radius 1 is 1.38 bits per heavy atom. The van der Waals surface area contributed by atoms with Gasteiger partial charge in [-0.15, -0.1) is 0 Å². The van der Waals surface area contributed by atoms with Crippen LogP contribution in [-0.2, 0) is 10.1 Å². The van der Waals surface area contributed by atoms with Gasteiger partial charge in [0.1, 0.15) is 0 Å². The van der Waals surface area contributed by atoms with Crippen molar-refractivity contribution in [3.05, 3.63) is 40.9 Å². The van der Waals surface area contributed by atoms with E-state index in [-0.39, 0.29) is 4.90 Å². The third kappa shape index (κ3) is 1.81. The maximum Gasteiger partial charge on any atom is 0.303 e. The highest BCUT2D eigenvalue weighted by molar-refractivity contribution is 7.85. The van der Waals surface area contributed by atoms with Crippen molar-refractivity contribution in [2.75, 3.05) is 0 Å². The molecule has 0 saturated carbocycles. The van der Waals surface area contributed by atoms with E-state index in [1.165, 1.54) is 12.1 Å². The van der Waals surface area contributed by atoms with Gasteiger partial charge in [-0.2, -0.15) is 13.2 Å². The Hall–Kier alpha value is -1.75. The molecular weight excluding hydrogens is 228 g/mol. The average Bonchev–Trinajstić information content (AvgIpc) is 2.26. The third-order valence-electron chi connectivity index (χ3n) is 2.36. The Bertz CT molecular complexity index is 625. The Balaban J connectivity index is 2.70. The lowest BCUT2D eigenvalue weighted by Gasteiger charge is -2.07. The summed E-state index contributed by atoms with van der Waals surface area (Å²) in [6.07, 6.45) is 4.04. The van der Waals surface area contributed by atoms with Crippen LogP contribution in [-0.4, -0.2) is 23.5 Å². The minimum Gasteiger partial charge on any atom is -0.361 e. The summed E-state index contributed by atoms with van der Waals surface area (Å²) >= 11 is 0. The van der Waals surface area contributed by atoms with Gasteiger partial charge in [0.25, 0.3) is 10.1 Å². The number of nitrogens with zero attached hydrogens (tertiary/aromatic N) is 2. The number of fused-ring (bicyclic) bond motifs is 1. The fraction of sp³-hybridized carbons (Fsp3) is 0.100. The van der Waals surface area contributed by atoms with E-state index in [1.54, 1.807) is 12.1 Å². The zero-order valence-corrected chi connectivity index (χ0v) is 8.98. The molecule has 6 heteroatoms. The van der Waals surface area contributed by atoms with Gasteiger partial charge in [-0.1, -0.05) is 18.2 Å². The van der Waals surface area contributed by atoms with Crippen molar-refractivity contribution in [3.8, 4) is 0 Å². The zero-order valence-electron chi connectivity index (χ0n) is 8.16. The SMILES string of the molecule is [N-]=[N+]=C1CC=Cc2ccc(S(=O)(=O)O)cc21. The second-order valence-corrected chi connectivity index (χ2v) is 4.80. The first-order chi connectivity index (χ1) is 7.52. The van der Waals surface area contributed by atoms with Crippen molar-refractivity contribution in [3.63, 3.8) is 0 Å². The van der Waals surface area contributed by atoms with Crippen LogP contribution in [0, 0.1) is 0 Å². The Morgan fingerprint density at radius 3 is 2.75 bits per heavy atom. The van der Waals surface area contributed by atoms with Crippen molar-refractivity contribution in [1.29, 1.82) is 0 Å². The maximum absolute atomic E-state index is 10.9. The van der Waals surface area contributed by atoms with E-state index in [0.29, 0.717) is 17.7 Å². The van der Waals surface area contributed by atoms with Crippen LogP contribution in [0.2, 0.25) is 0 Å². The highest BCUT2D eigenvalue weighted by Gasteiger charge is 2.21. The van der Waals surface area contributed by atoms with Crippen molar-refractivity contribution in [2.24, 2.45) is 0 Å². The van der Waals surface area contributed by atoms with E-state index in [9.17, 15) is 8.42 Å². The molecule has 1 aromatic carbocycles. The molecule has 1 aliphatic carbocycles. The van der Waals surface area contributed by atoms with E-state index in [4.69, 9.17) is 10.1 Å². The largest absolute Gasteiger partial charge is 0.361 e. The summed E-state index contributed by atoms with van der Waals surface area (Å²) in [6.45, 7) is 0. The Kier molecular flexibility index (Phi) is 2.47. The molecule has 0 amide bonds. The second kappa shape index (κ2) is 3.68. The molecule has 0 atom stereocenters. The number of hydrogen-bond acceptors (Lipinski definition) is 2. The Labute approximate surface area is 92.4 Å². The van der Waals surface area contributed by atoms with E-state index in [2.05, 4.69) is 4.79 Å². The molecule has 0 fully saturated rings. The summed E-state index contributed by atoms with van der Waals surface area (Å²) < 4.78 is 30.8. The number of hydrogen-bond donors (Lipinski definition) is 1. The van der Waals surface area contributed by atoms with Crippen LogP contribution in [0.25, 0.3) is 11.6 Å². The van der Waals surface area contributed by atoms with Crippen LogP contribution in [0.4, 0.5) is 0 Å². The molecule has 0 saturated heterocycles. The molecule has 0 radical (unpaired) electrons. The quantitative estimate of drug-likeness (QED) is 0.453. The second-order valence-electron chi connectivity index (χ2n) is 3.38. The smallest absolute Gasteiger partial charge is 0.303 e. The van der Waals surface area contributed by atoms with E-state index in [0.717, 1.165) is 5.56 Å². The van der Waals surface area contributed by atoms with Crippen molar-refractivity contribution in [2.45, 2.75) is 11.3 Å². The molecule has 0 aromatic heterocycles. The van der Waals surface area contributed by atoms with Crippen LogP contribution in [0.1, 0.15) is 17.5 Å². The molecule has 1 aliphatic rings. The molecule has 5 nitrogen and oxygen atoms in total. The highest BCUT2D eigenvalue weighted by Crippen LogP contribution is 2.22. The van der Waals surface area contributed by atoms with E-state index < -0.39 is 10.1 Å². The third-order valence-corrected chi connectivity index (χ3v) is 3.21. The first-order valence-electron chi connectivity index (χ1n) is 4.52. The standard InChI is InChI=1S/C10H8N2O3S/c11-12-10-3-1-2-7-4-5-8(6-9(7)10)16(13,14)15/h1-2,4-6H,3H2,(H,13,14,15). The van der Waals surface area contributed by atoms with Gasteiger partial charge >= 0.3 is 5.71 Å². The minimum atomic E-state index is -4.23.